The van der Waals surface area contributed by atoms with Gasteiger partial charge < -0.3 is 5.73 Å². The van der Waals surface area contributed by atoms with Crippen LogP contribution < -0.4 is 5.73 Å². The third-order valence-electron chi connectivity index (χ3n) is 3.04. The number of nitrogens with two attached hydrogens (primary N) is 1. The van der Waals surface area contributed by atoms with Crippen molar-refractivity contribution in [3.8, 4) is 11.3 Å². The lowest BCUT2D eigenvalue weighted by molar-refractivity contribution is 1.01. The van der Waals surface area contributed by atoms with Gasteiger partial charge in [0.15, 0.2) is 0 Å². The fraction of sp³-hybridized carbons (Fsp3) is 0.286. The Morgan fingerprint density at radius 2 is 1.94 bits per heavy atom. The van der Waals surface area contributed by atoms with Crippen LogP contribution in [-0.4, -0.2) is 9.97 Å². The average molecular weight is 227 g/mol. The molecule has 0 aliphatic heterocycles. The van der Waals surface area contributed by atoms with Gasteiger partial charge in [-0.05, 0) is 37.5 Å². The summed E-state index contributed by atoms with van der Waals surface area (Å²) in [6.07, 6.45) is 0.866. The summed E-state index contributed by atoms with van der Waals surface area (Å²) < 4.78 is 0. The molecule has 0 spiro atoms. The molecule has 0 saturated carbocycles. The highest BCUT2D eigenvalue weighted by atomic mass is 15.0. The predicted octanol–water partition coefficient (Wildman–Crippen LogP) is 2.91. The van der Waals surface area contributed by atoms with Crippen LogP contribution in [0.3, 0.4) is 0 Å². The van der Waals surface area contributed by atoms with Crippen LogP contribution in [0.2, 0.25) is 0 Å². The summed E-state index contributed by atoms with van der Waals surface area (Å²) in [5.74, 6) is 0.347. The zero-order chi connectivity index (χ0) is 12.4. The first-order valence-electron chi connectivity index (χ1n) is 5.82. The summed E-state index contributed by atoms with van der Waals surface area (Å²) >= 11 is 0. The van der Waals surface area contributed by atoms with Crippen LogP contribution in [0, 0.1) is 13.8 Å². The molecule has 1 aromatic carbocycles. The Morgan fingerprint density at radius 3 is 2.65 bits per heavy atom. The van der Waals surface area contributed by atoms with Gasteiger partial charge >= 0.3 is 0 Å². The van der Waals surface area contributed by atoms with E-state index in [4.69, 9.17) is 5.73 Å². The molecule has 2 N–H and O–H groups in total. The Kier molecular flexibility index (Phi) is 3.09. The smallest absolute Gasteiger partial charge is 0.220 e. The first-order chi connectivity index (χ1) is 8.11. The van der Waals surface area contributed by atoms with Crippen LogP contribution in [0.1, 0.15) is 23.7 Å². The summed E-state index contributed by atoms with van der Waals surface area (Å²) in [6.45, 7) is 6.27. The molecular formula is C14H17N3. The molecular weight excluding hydrogens is 210 g/mol. The van der Waals surface area contributed by atoms with E-state index in [0.29, 0.717) is 5.95 Å². The number of nitrogen functional groups attached to an aromatic ring is 1. The molecule has 2 aromatic rings. The Bertz CT molecular complexity index is 547. The predicted molar refractivity (Wildman–Crippen MR) is 70.7 cm³/mol. The van der Waals surface area contributed by atoms with Gasteiger partial charge in [-0.25, -0.2) is 9.97 Å². The quantitative estimate of drug-likeness (QED) is 0.858. The van der Waals surface area contributed by atoms with Gasteiger partial charge in [0.05, 0.1) is 5.69 Å². The van der Waals surface area contributed by atoms with Crippen LogP contribution in [0.15, 0.2) is 24.3 Å². The van der Waals surface area contributed by atoms with Crippen molar-refractivity contribution in [1.29, 1.82) is 0 Å². The van der Waals surface area contributed by atoms with Crippen molar-refractivity contribution in [3.63, 3.8) is 0 Å². The molecule has 0 atom stereocenters. The van der Waals surface area contributed by atoms with Crippen LogP contribution >= 0.6 is 0 Å². The first-order valence-corrected chi connectivity index (χ1v) is 5.82. The zero-order valence-corrected chi connectivity index (χ0v) is 10.5. The number of aryl methyl sites for hydroxylation is 2. The van der Waals surface area contributed by atoms with Gasteiger partial charge in [-0.3, -0.25) is 0 Å². The highest BCUT2D eigenvalue weighted by Crippen LogP contribution is 2.24. The number of anilines is 1. The molecule has 3 nitrogen and oxygen atoms in total. The van der Waals surface area contributed by atoms with Gasteiger partial charge in [0, 0.05) is 11.3 Å². The maximum atomic E-state index is 5.74. The summed E-state index contributed by atoms with van der Waals surface area (Å²) in [4.78, 5) is 8.52. The second-order valence-corrected chi connectivity index (χ2v) is 4.20. The topological polar surface area (TPSA) is 51.8 Å². The van der Waals surface area contributed by atoms with E-state index in [1.165, 1.54) is 11.1 Å². The summed E-state index contributed by atoms with van der Waals surface area (Å²) in [5, 5.41) is 0. The molecule has 0 radical (unpaired) electrons. The molecule has 0 aliphatic carbocycles. The highest BCUT2D eigenvalue weighted by molar-refractivity contribution is 5.66. The highest BCUT2D eigenvalue weighted by Gasteiger charge is 2.07. The van der Waals surface area contributed by atoms with E-state index in [0.717, 1.165) is 23.4 Å². The minimum absolute atomic E-state index is 0.347. The number of nitrogens with zero attached hydrogens (tertiary/aromatic N) is 2. The van der Waals surface area contributed by atoms with Crippen molar-refractivity contribution in [1.82, 2.24) is 9.97 Å². The van der Waals surface area contributed by atoms with Crippen LogP contribution in [-0.2, 0) is 6.42 Å². The Morgan fingerprint density at radius 1 is 1.18 bits per heavy atom. The average Bonchev–Trinajstić information content (AvgIpc) is 2.31. The van der Waals surface area contributed by atoms with E-state index >= 15 is 0 Å². The molecule has 0 aliphatic rings. The van der Waals surface area contributed by atoms with Crippen molar-refractivity contribution in [3.05, 3.63) is 41.1 Å². The van der Waals surface area contributed by atoms with E-state index in [1.54, 1.807) is 0 Å². The lowest BCUT2D eigenvalue weighted by Crippen LogP contribution is -2.01. The fourth-order valence-corrected chi connectivity index (χ4v) is 1.87. The van der Waals surface area contributed by atoms with Crippen molar-refractivity contribution >= 4 is 5.95 Å². The third kappa shape index (κ3) is 2.28. The molecule has 0 fully saturated rings. The van der Waals surface area contributed by atoms with Crippen molar-refractivity contribution in [2.45, 2.75) is 27.2 Å². The number of aromatic nitrogens is 2. The molecule has 0 unspecified atom stereocenters. The van der Waals surface area contributed by atoms with Gasteiger partial charge in [-0.15, -0.1) is 0 Å². The molecule has 88 valence electrons. The van der Waals surface area contributed by atoms with Crippen molar-refractivity contribution < 1.29 is 0 Å². The number of rotatable bonds is 2. The minimum atomic E-state index is 0.347. The summed E-state index contributed by atoms with van der Waals surface area (Å²) in [6, 6.07) is 8.23. The van der Waals surface area contributed by atoms with Gasteiger partial charge in [0.1, 0.15) is 0 Å². The lowest BCUT2D eigenvalue weighted by atomic mass is 10.0. The Balaban J connectivity index is 2.60. The van der Waals surface area contributed by atoms with Crippen LogP contribution in [0.5, 0.6) is 0 Å². The third-order valence-corrected chi connectivity index (χ3v) is 3.04. The standard InChI is InChI=1S/C14H17N3/c1-4-11-8-13(17-14(15)16-11)12-7-5-6-9(2)10(12)3/h5-8H,4H2,1-3H3,(H2,15,16,17). The monoisotopic (exact) mass is 227 g/mol. The minimum Gasteiger partial charge on any atom is -0.368 e. The molecule has 3 heteroatoms. The van der Waals surface area contributed by atoms with Gasteiger partial charge in [0.2, 0.25) is 5.95 Å². The second kappa shape index (κ2) is 4.53. The number of hydrogen-bond donors (Lipinski definition) is 1. The number of benzene rings is 1. The summed E-state index contributed by atoms with van der Waals surface area (Å²) in [7, 11) is 0. The van der Waals surface area contributed by atoms with Gasteiger partial charge in [-0.2, -0.15) is 0 Å². The Labute approximate surface area is 102 Å². The largest absolute Gasteiger partial charge is 0.368 e. The maximum absolute atomic E-state index is 5.74. The lowest BCUT2D eigenvalue weighted by Gasteiger charge is -2.09. The SMILES string of the molecule is CCc1cc(-c2cccc(C)c2C)nc(N)n1. The fourth-order valence-electron chi connectivity index (χ4n) is 1.87. The maximum Gasteiger partial charge on any atom is 0.220 e. The molecule has 17 heavy (non-hydrogen) atoms. The number of hydrogen-bond acceptors (Lipinski definition) is 3. The van der Waals surface area contributed by atoms with E-state index in [-0.39, 0.29) is 0 Å². The first kappa shape index (κ1) is 11.6. The van der Waals surface area contributed by atoms with Crippen molar-refractivity contribution in [2.24, 2.45) is 0 Å². The molecule has 2 rings (SSSR count). The van der Waals surface area contributed by atoms with E-state index < -0.39 is 0 Å². The second-order valence-electron chi connectivity index (χ2n) is 4.20. The molecule has 0 bridgehead atoms. The summed E-state index contributed by atoms with van der Waals surface area (Å²) in [5.41, 5.74) is 11.3. The molecule has 0 amide bonds. The van der Waals surface area contributed by atoms with Crippen LogP contribution in [0.4, 0.5) is 5.95 Å². The normalized spacial score (nSPS) is 10.5. The van der Waals surface area contributed by atoms with E-state index in [2.05, 4.69) is 42.9 Å². The molecule has 1 aromatic heterocycles. The van der Waals surface area contributed by atoms with E-state index in [1.807, 2.05) is 12.1 Å². The van der Waals surface area contributed by atoms with Gasteiger partial charge in [0.25, 0.3) is 0 Å². The van der Waals surface area contributed by atoms with Gasteiger partial charge in [-0.1, -0.05) is 25.1 Å². The van der Waals surface area contributed by atoms with E-state index in [9.17, 15) is 0 Å². The molecule has 0 saturated heterocycles. The molecule has 1 heterocycles. The zero-order valence-electron chi connectivity index (χ0n) is 10.5. The van der Waals surface area contributed by atoms with Crippen molar-refractivity contribution in [2.75, 3.05) is 5.73 Å². The van der Waals surface area contributed by atoms with Crippen LogP contribution in [0.25, 0.3) is 11.3 Å². The Hall–Kier alpha value is -1.90.